The monoisotopic (exact) mass is 204 g/mol. The van der Waals surface area contributed by atoms with Crippen molar-refractivity contribution in [1.29, 1.82) is 0 Å². The Kier molecular flexibility index (Phi) is 3.70. The molecule has 0 aliphatic heterocycles. The van der Waals surface area contributed by atoms with Gasteiger partial charge in [0.2, 0.25) is 0 Å². The van der Waals surface area contributed by atoms with Gasteiger partial charge in [0.15, 0.2) is 0 Å². The first kappa shape index (κ1) is 11.3. The van der Waals surface area contributed by atoms with Crippen LogP contribution in [0.15, 0.2) is 30.3 Å². The summed E-state index contributed by atoms with van der Waals surface area (Å²) in [6.45, 7) is 9.31. The molecule has 0 amide bonds. The smallest absolute Gasteiger partial charge is 0.0480 e. The summed E-state index contributed by atoms with van der Waals surface area (Å²) in [4.78, 5) is 0. The molecule has 0 nitrogen and oxygen atoms in total. The summed E-state index contributed by atoms with van der Waals surface area (Å²) in [7, 11) is -0.909. The SMILES string of the molecule is Cc1ccc(/C=C/C[Si](C)(C)C)cc1. The minimum Gasteiger partial charge on any atom is -0.0866 e. The average molecular weight is 204 g/mol. The molecule has 0 bridgehead atoms. The molecule has 1 aromatic carbocycles. The van der Waals surface area contributed by atoms with Gasteiger partial charge in [-0.05, 0) is 18.5 Å². The van der Waals surface area contributed by atoms with Crippen molar-refractivity contribution >= 4 is 14.1 Å². The zero-order valence-corrected chi connectivity index (χ0v) is 10.7. The standard InChI is InChI=1S/C13H20Si/c1-12-7-9-13(10-8-12)6-5-11-14(2,3)4/h5-10H,11H2,1-4H3/b6-5+. The van der Waals surface area contributed by atoms with Crippen molar-refractivity contribution in [1.82, 2.24) is 0 Å². The maximum atomic E-state index is 2.40. The van der Waals surface area contributed by atoms with Crippen LogP contribution in [0.4, 0.5) is 0 Å². The highest BCUT2D eigenvalue weighted by Gasteiger charge is 2.09. The van der Waals surface area contributed by atoms with E-state index >= 15 is 0 Å². The summed E-state index contributed by atoms with van der Waals surface area (Å²) in [5.74, 6) is 0. The minimum atomic E-state index is -0.909. The first-order valence-corrected chi connectivity index (χ1v) is 8.91. The molecular formula is C13H20Si. The Labute approximate surface area is 88.7 Å². The molecule has 0 saturated heterocycles. The van der Waals surface area contributed by atoms with E-state index in [4.69, 9.17) is 0 Å². The van der Waals surface area contributed by atoms with Gasteiger partial charge in [0.1, 0.15) is 0 Å². The molecule has 0 atom stereocenters. The van der Waals surface area contributed by atoms with E-state index in [0.717, 1.165) is 0 Å². The molecular weight excluding hydrogens is 184 g/mol. The molecule has 0 radical (unpaired) electrons. The third-order valence-electron chi connectivity index (χ3n) is 2.12. The number of rotatable bonds is 3. The second-order valence-corrected chi connectivity index (χ2v) is 10.6. The van der Waals surface area contributed by atoms with Crippen LogP contribution in [-0.2, 0) is 0 Å². The molecule has 76 valence electrons. The van der Waals surface area contributed by atoms with Crippen LogP contribution in [-0.4, -0.2) is 8.07 Å². The number of hydrogen-bond donors (Lipinski definition) is 0. The number of hydrogen-bond acceptors (Lipinski definition) is 0. The summed E-state index contributed by atoms with van der Waals surface area (Å²) >= 11 is 0. The highest BCUT2D eigenvalue weighted by molar-refractivity contribution is 6.76. The Hall–Kier alpha value is -0.823. The molecule has 0 aromatic heterocycles. The van der Waals surface area contributed by atoms with Gasteiger partial charge >= 0.3 is 0 Å². The van der Waals surface area contributed by atoms with Crippen LogP contribution in [0, 0.1) is 6.92 Å². The van der Waals surface area contributed by atoms with Crippen molar-refractivity contribution in [3.8, 4) is 0 Å². The first-order valence-electron chi connectivity index (χ1n) is 5.21. The van der Waals surface area contributed by atoms with Crippen LogP contribution in [0.1, 0.15) is 11.1 Å². The van der Waals surface area contributed by atoms with Gasteiger partial charge in [-0.15, -0.1) is 0 Å². The molecule has 0 spiro atoms. The molecule has 0 heterocycles. The summed E-state index contributed by atoms with van der Waals surface area (Å²) < 4.78 is 0. The molecule has 14 heavy (non-hydrogen) atoms. The van der Waals surface area contributed by atoms with Crippen molar-refractivity contribution in [2.75, 3.05) is 0 Å². The third kappa shape index (κ3) is 4.42. The third-order valence-corrected chi connectivity index (χ3v) is 3.58. The van der Waals surface area contributed by atoms with Gasteiger partial charge in [0, 0.05) is 8.07 Å². The van der Waals surface area contributed by atoms with Gasteiger partial charge in [-0.3, -0.25) is 0 Å². The van der Waals surface area contributed by atoms with Gasteiger partial charge < -0.3 is 0 Å². The fraction of sp³-hybridized carbons (Fsp3) is 0.385. The normalized spacial score (nSPS) is 12.3. The fourth-order valence-corrected chi connectivity index (χ4v) is 2.05. The van der Waals surface area contributed by atoms with Crippen LogP contribution >= 0.6 is 0 Å². The lowest BCUT2D eigenvalue weighted by atomic mass is 10.1. The largest absolute Gasteiger partial charge is 0.0866 e. The van der Waals surface area contributed by atoms with E-state index in [1.165, 1.54) is 17.2 Å². The Bertz CT molecular complexity index is 301. The molecule has 0 unspecified atom stereocenters. The van der Waals surface area contributed by atoms with E-state index < -0.39 is 8.07 Å². The highest BCUT2D eigenvalue weighted by Crippen LogP contribution is 2.11. The van der Waals surface area contributed by atoms with E-state index in [1.54, 1.807) is 0 Å². The van der Waals surface area contributed by atoms with Crippen molar-refractivity contribution in [2.45, 2.75) is 32.6 Å². The van der Waals surface area contributed by atoms with Gasteiger partial charge in [0.05, 0.1) is 0 Å². The lowest BCUT2D eigenvalue weighted by Crippen LogP contribution is -2.17. The number of aryl methyl sites for hydroxylation is 1. The van der Waals surface area contributed by atoms with Crippen LogP contribution in [0.25, 0.3) is 6.08 Å². The average Bonchev–Trinajstić information content (AvgIpc) is 2.06. The molecule has 0 aliphatic rings. The van der Waals surface area contributed by atoms with E-state index in [2.05, 4.69) is 63.0 Å². The highest BCUT2D eigenvalue weighted by atomic mass is 28.3. The zero-order valence-electron chi connectivity index (χ0n) is 9.67. The van der Waals surface area contributed by atoms with Gasteiger partial charge in [-0.1, -0.05) is 61.6 Å². The molecule has 0 saturated carbocycles. The zero-order chi connectivity index (χ0) is 10.6. The molecule has 1 rings (SSSR count). The van der Waals surface area contributed by atoms with Gasteiger partial charge in [-0.2, -0.15) is 0 Å². The van der Waals surface area contributed by atoms with Crippen LogP contribution in [0.5, 0.6) is 0 Å². The first-order chi connectivity index (χ1) is 6.47. The second-order valence-electron chi connectivity index (χ2n) is 5.08. The maximum absolute atomic E-state index is 2.40. The van der Waals surface area contributed by atoms with Crippen LogP contribution in [0.3, 0.4) is 0 Å². The lowest BCUT2D eigenvalue weighted by molar-refractivity contribution is 1.46. The van der Waals surface area contributed by atoms with Gasteiger partial charge in [0.25, 0.3) is 0 Å². The Morgan fingerprint density at radius 1 is 1.07 bits per heavy atom. The Morgan fingerprint density at radius 2 is 1.64 bits per heavy atom. The molecule has 0 fully saturated rings. The maximum Gasteiger partial charge on any atom is 0.0480 e. The van der Waals surface area contributed by atoms with E-state index in [1.807, 2.05) is 0 Å². The summed E-state index contributed by atoms with van der Waals surface area (Å²) in [5, 5.41) is 0. The Morgan fingerprint density at radius 3 is 2.14 bits per heavy atom. The molecule has 1 heteroatoms. The van der Waals surface area contributed by atoms with Crippen molar-refractivity contribution in [3.05, 3.63) is 41.5 Å². The fourth-order valence-electron chi connectivity index (χ4n) is 1.23. The van der Waals surface area contributed by atoms with Gasteiger partial charge in [-0.25, -0.2) is 0 Å². The molecule has 0 aliphatic carbocycles. The van der Waals surface area contributed by atoms with Crippen molar-refractivity contribution < 1.29 is 0 Å². The minimum absolute atomic E-state index is 0.909. The topological polar surface area (TPSA) is 0 Å². The molecule has 0 N–H and O–H groups in total. The predicted octanol–water partition coefficient (Wildman–Crippen LogP) is 4.35. The van der Waals surface area contributed by atoms with E-state index in [0.29, 0.717) is 0 Å². The van der Waals surface area contributed by atoms with E-state index in [-0.39, 0.29) is 0 Å². The second kappa shape index (κ2) is 4.60. The summed E-state index contributed by atoms with van der Waals surface area (Å²) in [6.07, 6.45) is 4.55. The quantitative estimate of drug-likeness (QED) is 0.642. The van der Waals surface area contributed by atoms with Crippen LogP contribution in [0.2, 0.25) is 25.7 Å². The van der Waals surface area contributed by atoms with Crippen molar-refractivity contribution in [2.24, 2.45) is 0 Å². The lowest BCUT2D eigenvalue weighted by Gasteiger charge is -2.11. The van der Waals surface area contributed by atoms with Crippen molar-refractivity contribution in [3.63, 3.8) is 0 Å². The number of allylic oxidation sites excluding steroid dienone is 1. The number of benzene rings is 1. The predicted molar refractivity (Wildman–Crippen MR) is 68.4 cm³/mol. The van der Waals surface area contributed by atoms with Crippen LogP contribution < -0.4 is 0 Å². The Balaban J connectivity index is 2.57. The van der Waals surface area contributed by atoms with E-state index in [9.17, 15) is 0 Å². The summed E-state index contributed by atoms with van der Waals surface area (Å²) in [5.41, 5.74) is 2.64. The summed E-state index contributed by atoms with van der Waals surface area (Å²) in [6, 6.07) is 9.94. The molecule has 1 aromatic rings.